The van der Waals surface area contributed by atoms with E-state index in [4.69, 9.17) is 14.3 Å². The van der Waals surface area contributed by atoms with Gasteiger partial charge in [-0.1, -0.05) is 19.3 Å². The maximum atomic E-state index is 10.8. The molecule has 1 fully saturated rings. The lowest BCUT2D eigenvalue weighted by molar-refractivity contribution is 0.0302. The van der Waals surface area contributed by atoms with Crippen LogP contribution in [-0.4, -0.2) is 30.3 Å². The van der Waals surface area contributed by atoms with Crippen LogP contribution in [0.4, 0.5) is 0 Å². The molecule has 1 aliphatic rings. The van der Waals surface area contributed by atoms with Crippen LogP contribution in [0.1, 0.15) is 48.2 Å². The van der Waals surface area contributed by atoms with Crippen molar-refractivity contribution in [2.24, 2.45) is 0 Å². The zero-order chi connectivity index (χ0) is 13.5. The third-order valence-corrected chi connectivity index (χ3v) is 3.44. The van der Waals surface area contributed by atoms with E-state index in [9.17, 15) is 4.79 Å². The third-order valence-electron chi connectivity index (χ3n) is 3.44. The Morgan fingerprint density at radius 3 is 2.95 bits per heavy atom. The fraction of sp³-hybridized carbons (Fsp3) is 0.643. The van der Waals surface area contributed by atoms with Crippen molar-refractivity contribution in [2.45, 2.75) is 44.8 Å². The van der Waals surface area contributed by atoms with E-state index in [-0.39, 0.29) is 5.76 Å². The first-order valence-corrected chi connectivity index (χ1v) is 6.89. The zero-order valence-corrected chi connectivity index (χ0v) is 11.1. The minimum atomic E-state index is -1.03. The molecule has 0 aliphatic heterocycles. The van der Waals surface area contributed by atoms with Gasteiger partial charge < -0.3 is 19.6 Å². The van der Waals surface area contributed by atoms with Crippen LogP contribution in [0.15, 0.2) is 16.7 Å². The SMILES string of the molecule is O=C(O)c1occc1CNCCOC1CCCCC1. The standard InChI is InChI=1S/C14H21NO4/c16-14(17)13-11(6-8-19-13)10-15-7-9-18-12-4-2-1-3-5-12/h6,8,12,15H,1-5,7,9-10H2,(H,16,17). The van der Waals surface area contributed by atoms with Gasteiger partial charge in [0.15, 0.2) is 0 Å². The van der Waals surface area contributed by atoms with Crippen LogP contribution in [0.3, 0.4) is 0 Å². The van der Waals surface area contributed by atoms with Gasteiger partial charge in [-0.2, -0.15) is 0 Å². The van der Waals surface area contributed by atoms with Gasteiger partial charge in [-0.05, 0) is 18.9 Å². The van der Waals surface area contributed by atoms with Gasteiger partial charge in [-0.25, -0.2) is 4.79 Å². The number of nitrogens with one attached hydrogen (secondary N) is 1. The van der Waals surface area contributed by atoms with Crippen molar-refractivity contribution in [1.29, 1.82) is 0 Å². The van der Waals surface area contributed by atoms with Crippen LogP contribution in [0.5, 0.6) is 0 Å². The molecule has 5 nitrogen and oxygen atoms in total. The van der Waals surface area contributed by atoms with Crippen LogP contribution in [0.2, 0.25) is 0 Å². The summed E-state index contributed by atoms with van der Waals surface area (Å²) >= 11 is 0. The zero-order valence-electron chi connectivity index (χ0n) is 11.1. The van der Waals surface area contributed by atoms with Gasteiger partial charge in [0.1, 0.15) is 0 Å². The lowest BCUT2D eigenvalue weighted by Gasteiger charge is -2.21. The Morgan fingerprint density at radius 2 is 2.21 bits per heavy atom. The molecule has 1 aromatic rings. The summed E-state index contributed by atoms with van der Waals surface area (Å²) in [7, 11) is 0. The van der Waals surface area contributed by atoms with E-state index in [2.05, 4.69) is 5.32 Å². The average Bonchev–Trinajstić information content (AvgIpc) is 2.88. The summed E-state index contributed by atoms with van der Waals surface area (Å²) in [6, 6.07) is 1.68. The van der Waals surface area contributed by atoms with E-state index < -0.39 is 5.97 Å². The number of furan rings is 1. The summed E-state index contributed by atoms with van der Waals surface area (Å²) < 4.78 is 10.7. The molecule has 0 atom stereocenters. The highest BCUT2D eigenvalue weighted by atomic mass is 16.5. The number of carboxylic acid groups (broad SMARTS) is 1. The van der Waals surface area contributed by atoms with Gasteiger partial charge in [0.05, 0.1) is 19.0 Å². The Kier molecular flexibility index (Phi) is 5.42. The van der Waals surface area contributed by atoms with Crippen molar-refractivity contribution in [3.05, 3.63) is 23.7 Å². The highest BCUT2D eigenvalue weighted by Crippen LogP contribution is 2.19. The van der Waals surface area contributed by atoms with Gasteiger partial charge in [0.2, 0.25) is 5.76 Å². The molecule has 1 saturated carbocycles. The summed E-state index contributed by atoms with van der Waals surface area (Å²) in [4.78, 5) is 10.8. The predicted octanol–water partition coefficient (Wildman–Crippen LogP) is 2.42. The lowest BCUT2D eigenvalue weighted by atomic mass is 9.98. The van der Waals surface area contributed by atoms with E-state index in [1.54, 1.807) is 6.07 Å². The first kappa shape index (κ1) is 14.1. The van der Waals surface area contributed by atoms with E-state index >= 15 is 0 Å². The smallest absolute Gasteiger partial charge is 0.372 e. The summed E-state index contributed by atoms with van der Waals surface area (Å²) in [6.45, 7) is 1.89. The number of aromatic carboxylic acids is 1. The number of carbonyl (C=O) groups is 1. The third kappa shape index (κ3) is 4.36. The van der Waals surface area contributed by atoms with Crippen molar-refractivity contribution in [2.75, 3.05) is 13.2 Å². The topological polar surface area (TPSA) is 71.7 Å². The van der Waals surface area contributed by atoms with E-state index in [0.29, 0.717) is 24.8 Å². The van der Waals surface area contributed by atoms with E-state index in [1.807, 2.05) is 0 Å². The van der Waals surface area contributed by atoms with Crippen molar-refractivity contribution < 1.29 is 19.1 Å². The van der Waals surface area contributed by atoms with Gasteiger partial charge in [0.25, 0.3) is 0 Å². The molecule has 0 amide bonds. The first-order valence-electron chi connectivity index (χ1n) is 6.89. The van der Waals surface area contributed by atoms with Crippen LogP contribution >= 0.6 is 0 Å². The Morgan fingerprint density at radius 1 is 1.42 bits per heavy atom. The summed E-state index contributed by atoms with van der Waals surface area (Å²) in [5.74, 6) is -1.01. The minimum absolute atomic E-state index is 0.0145. The molecular formula is C14H21NO4. The highest BCUT2D eigenvalue weighted by Gasteiger charge is 2.14. The Bertz CT molecular complexity index is 396. The van der Waals surface area contributed by atoms with E-state index in [1.165, 1.54) is 38.4 Å². The molecule has 0 bridgehead atoms. The molecular weight excluding hydrogens is 246 g/mol. The van der Waals surface area contributed by atoms with Crippen LogP contribution in [-0.2, 0) is 11.3 Å². The van der Waals surface area contributed by atoms with Crippen molar-refractivity contribution in [3.8, 4) is 0 Å². The molecule has 106 valence electrons. The van der Waals surface area contributed by atoms with Crippen LogP contribution < -0.4 is 5.32 Å². The molecule has 0 unspecified atom stereocenters. The first-order chi connectivity index (χ1) is 9.27. The number of hydrogen-bond donors (Lipinski definition) is 2. The number of hydrogen-bond acceptors (Lipinski definition) is 4. The average molecular weight is 267 g/mol. The molecule has 2 rings (SSSR count). The second kappa shape index (κ2) is 7.31. The van der Waals surface area contributed by atoms with Crippen molar-refractivity contribution in [1.82, 2.24) is 5.32 Å². The second-order valence-electron chi connectivity index (χ2n) is 4.89. The summed E-state index contributed by atoms with van der Waals surface area (Å²) in [6.07, 6.45) is 8.04. The van der Waals surface area contributed by atoms with Gasteiger partial charge in [-0.3, -0.25) is 0 Å². The normalized spacial score (nSPS) is 16.6. The molecule has 1 aromatic heterocycles. The fourth-order valence-electron chi connectivity index (χ4n) is 2.42. The Hall–Kier alpha value is -1.33. The van der Waals surface area contributed by atoms with Gasteiger partial charge >= 0.3 is 5.97 Å². The molecule has 19 heavy (non-hydrogen) atoms. The summed E-state index contributed by atoms with van der Waals surface area (Å²) in [5, 5.41) is 12.1. The second-order valence-corrected chi connectivity index (χ2v) is 4.89. The van der Waals surface area contributed by atoms with E-state index in [0.717, 1.165) is 6.54 Å². The molecule has 1 heterocycles. The highest BCUT2D eigenvalue weighted by molar-refractivity contribution is 5.86. The Balaban J connectivity index is 1.61. The van der Waals surface area contributed by atoms with Gasteiger partial charge in [-0.15, -0.1) is 0 Å². The molecule has 0 spiro atoms. The quantitative estimate of drug-likeness (QED) is 0.742. The maximum Gasteiger partial charge on any atom is 0.372 e. The monoisotopic (exact) mass is 267 g/mol. The van der Waals surface area contributed by atoms with Crippen LogP contribution in [0.25, 0.3) is 0 Å². The predicted molar refractivity (Wildman–Crippen MR) is 70.2 cm³/mol. The van der Waals surface area contributed by atoms with Gasteiger partial charge in [0, 0.05) is 18.7 Å². The molecule has 0 saturated heterocycles. The molecule has 5 heteroatoms. The molecule has 0 radical (unpaired) electrons. The maximum absolute atomic E-state index is 10.8. The largest absolute Gasteiger partial charge is 0.475 e. The Labute approximate surface area is 112 Å². The number of rotatable bonds is 7. The summed E-state index contributed by atoms with van der Waals surface area (Å²) in [5.41, 5.74) is 0.671. The number of carboxylic acids is 1. The molecule has 1 aliphatic carbocycles. The number of ether oxygens (including phenoxy) is 1. The van der Waals surface area contributed by atoms with Crippen molar-refractivity contribution in [3.63, 3.8) is 0 Å². The lowest BCUT2D eigenvalue weighted by Crippen LogP contribution is -2.24. The molecule has 0 aromatic carbocycles. The van der Waals surface area contributed by atoms with Crippen molar-refractivity contribution >= 4 is 5.97 Å². The fourth-order valence-corrected chi connectivity index (χ4v) is 2.42. The molecule has 2 N–H and O–H groups in total. The minimum Gasteiger partial charge on any atom is -0.475 e. The van der Waals surface area contributed by atoms with Crippen LogP contribution in [0, 0.1) is 0 Å².